The molecule has 2 amide bonds. The lowest BCUT2D eigenvalue weighted by Gasteiger charge is -2.34. The van der Waals surface area contributed by atoms with Gasteiger partial charge in [0, 0.05) is 37.9 Å². The van der Waals surface area contributed by atoms with Gasteiger partial charge in [0.05, 0.1) is 5.56 Å². The Hall–Kier alpha value is -2.90. The van der Waals surface area contributed by atoms with Crippen molar-refractivity contribution in [2.75, 3.05) is 26.2 Å². The molecule has 142 valence electrons. The molecule has 1 fully saturated rings. The molecule has 1 aliphatic heterocycles. The van der Waals surface area contributed by atoms with Crippen LogP contribution >= 0.6 is 0 Å². The highest BCUT2D eigenvalue weighted by Gasteiger charge is 2.31. The van der Waals surface area contributed by atoms with Crippen LogP contribution in [-0.2, 0) is 6.18 Å². The van der Waals surface area contributed by atoms with E-state index in [2.05, 4.69) is 4.98 Å². The Labute approximate surface area is 154 Å². The van der Waals surface area contributed by atoms with Crippen LogP contribution in [0.5, 0.6) is 0 Å². The Morgan fingerprint density at radius 1 is 0.889 bits per heavy atom. The number of alkyl halides is 3. The van der Waals surface area contributed by atoms with Gasteiger partial charge in [0.25, 0.3) is 11.8 Å². The zero-order valence-corrected chi connectivity index (χ0v) is 14.7. The number of aromatic nitrogens is 1. The van der Waals surface area contributed by atoms with Crippen molar-refractivity contribution in [1.29, 1.82) is 0 Å². The van der Waals surface area contributed by atoms with Gasteiger partial charge in [-0.15, -0.1) is 0 Å². The topological polar surface area (TPSA) is 53.5 Å². The highest BCUT2D eigenvalue weighted by atomic mass is 19.4. The number of benzene rings is 1. The van der Waals surface area contributed by atoms with Crippen molar-refractivity contribution in [2.24, 2.45) is 0 Å². The highest BCUT2D eigenvalue weighted by Crippen LogP contribution is 2.28. The number of pyridine rings is 1. The molecule has 0 N–H and O–H groups in total. The number of halogens is 3. The quantitative estimate of drug-likeness (QED) is 0.809. The van der Waals surface area contributed by atoms with Crippen LogP contribution in [-0.4, -0.2) is 52.8 Å². The first-order chi connectivity index (χ1) is 12.8. The molecule has 0 unspecified atom stereocenters. The molecule has 1 saturated heterocycles. The van der Waals surface area contributed by atoms with Gasteiger partial charge in [-0.05, 0) is 31.2 Å². The van der Waals surface area contributed by atoms with Crippen molar-refractivity contribution in [3.8, 4) is 0 Å². The molecule has 1 aromatic carbocycles. The van der Waals surface area contributed by atoms with Crippen LogP contribution < -0.4 is 0 Å². The second-order valence-corrected chi connectivity index (χ2v) is 6.38. The molecule has 0 saturated carbocycles. The lowest BCUT2D eigenvalue weighted by Crippen LogP contribution is -2.50. The van der Waals surface area contributed by atoms with Crippen LogP contribution in [0.15, 0.2) is 42.6 Å². The van der Waals surface area contributed by atoms with E-state index >= 15 is 0 Å². The third-order valence-corrected chi connectivity index (χ3v) is 4.46. The van der Waals surface area contributed by atoms with Crippen molar-refractivity contribution >= 4 is 11.8 Å². The molecule has 2 aromatic rings. The fraction of sp³-hybridized carbons (Fsp3) is 0.316. The summed E-state index contributed by atoms with van der Waals surface area (Å²) < 4.78 is 37.7. The lowest BCUT2D eigenvalue weighted by molar-refractivity contribution is -0.137. The summed E-state index contributed by atoms with van der Waals surface area (Å²) in [5, 5.41) is 0. The number of rotatable bonds is 2. The Balaban J connectivity index is 1.60. The van der Waals surface area contributed by atoms with E-state index in [1.54, 1.807) is 17.0 Å². The van der Waals surface area contributed by atoms with E-state index in [1.807, 2.05) is 19.1 Å². The van der Waals surface area contributed by atoms with Crippen LogP contribution in [0, 0.1) is 6.92 Å². The monoisotopic (exact) mass is 377 g/mol. The first kappa shape index (κ1) is 18.9. The highest BCUT2D eigenvalue weighted by molar-refractivity contribution is 5.95. The summed E-state index contributed by atoms with van der Waals surface area (Å²) in [5.74, 6) is -0.541. The van der Waals surface area contributed by atoms with Gasteiger partial charge < -0.3 is 9.80 Å². The average Bonchev–Trinajstić information content (AvgIpc) is 2.67. The lowest BCUT2D eigenvalue weighted by atomic mass is 10.1. The molecule has 8 heteroatoms. The Morgan fingerprint density at radius 3 is 1.93 bits per heavy atom. The van der Waals surface area contributed by atoms with Crippen LogP contribution in [0.1, 0.15) is 32.0 Å². The smallest absolute Gasteiger partial charge is 0.335 e. The maximum Gasteiger partial charge on any atom is 0.417 e. The predicted molar refractivity (Wildman–Crippen MR) is 92.2 cm³/mol. The SMILES string of the molecule is Cc1ccc(C(=O)N2CCN(C(=O)c3ccc(C(F)(F)F)cn3)CC2)cc1. The summed E-state index contributed by atoms with van der Waals surface area (Å²) in [6, 6.07) is 9.18. The molecule has 0 atom stereocenters. The molecule has 0 spiro atoms. The Kier molecular flexibility index (Phi) is 5.16. The first-order valence-electron chi connectivity index (χ1n) is 8.44. The number of nitrogens with zero attached hydrogens (tertiary/aromatic N) is 3. The number of piperazine rings is 1. The standard InChI is InChI=1S/C19H18F3N3O2/c1-13-2-4-14(5-3-13)17(26)24-8-10-25(11-9-24)18(27)16-7-6-15(12-23-16)19(20,21)22/h2-7,12H,8-11H2,1H3. The maximum atomic E-state index is 12.6. The molecule has 0 radical (unpaired) electrons. The van der Waals surface area contributed by atoms with E-state index in [1.165, 1.54) is 4.90 Å². The van der Waals surface area contributed by atoms with Crippen LogP contribution in [0.25, 0.3) is 0 Å². The minimum Gasteiger partial charge on any atom is -0.335 e. The van der Waals surface area contributed by atoms with Gasteiger partial charge in [-0.25, -0.2) is 0 Å². The summed E-state index contributed by atoms with van der Waals surface area (Å²) in [5.41, 5.74) is 0.713. The maximum absolute atomic E-state index is 12.6. The summed E-state index contributed by atoms with van der Waals surface area (Å²) >= 11 is 0. The third kappa shape index (κ3) is 4.27. The van der Waals surface area contributed by atoms with E-state index in [0.29, 0.717) is 37.9 Å². The normalized spacial score (nSPS) is 15.0. The predicted octanol–water partition coefficient (Wildman–Crippen LogP) is 3.01. The molecule has 0 bridgehead atoms. The number of hydrogen-bond donors (Lipinski definition) is 0. The second-order valence-electron chi connectivity index (χ2n) is 6.38. The molecular formula is C19H18F3N3O2. The second kappa shape index (κ2) is 7.38. The number of hydrogen-bond acceptors (Lipinski definition) is 3. The number of amides is 2. The number of carbonyl (C=O) groups excluding carboxylic acids is 2. The Morgan fingerprint density at radius 2 is 1.44 bits per heavy atom. The van der Waals surface area contributed by atoms with Gasteiger partial charge in [-0.3, -0.25) is 14.6 Å². The number of aryl methyl sites for hydroxylation is 1. The van der Waals surface area contributed by atoms with Crippen LogP contribution in [0.3, 0.4) is 0 Å². The molecular weight excluding hydrogens is 359 g/mol. The third-order valence-electron chi connectivity index (χ3n) is 4.46. The minimum absolute atomic E-state index is 0.0405. The molecule has 27 heavy (non-hydrogen) atoms. The van der Waals surface area contributed by atoms with E-state index < -0.39 is 17.6 Å². The van der Waals surface area contributed by atoms with Gasteiger partial charge in [-0.1, -0.05) is 17.7 Å². The van der Waals surface area contributed by atoms with Gasteiger partial charge >= 0.3 is 6.18 Å². The average molecular weight is 377 g/mol. The van der Waals surface area contributed by atoms with Gasteiger partial charge in [0.1, 0.15) is 5.69 Å². The number of carbonyl (C=O) groups is 2. The van der Waals surface area contributed by atoms with E-state index in [-0.39, 0.29) is 11.6 Å². The minimum atomic E-state index is -4.49. The summed E-state index contributed by atoms with van der Waals surface area (Å²) in [6.07, 6.45) is -3.83. The zero-order valence-electron chi connectivity index (χ0n) is 14.7. The largest absolute Gasteiger partial charge is 0.417 e. The van der Waals surface area contributed by atoms with Gasteiger partial charge in [0.2, 0.25) is 0 Å². The van der Waals surface area contributed by atoms with Crippen molar-refractivity contribution in [3.05, 3.63) is 65.0 Å². The first-order valence-corrected chi connectivity index (χ1v) is 8.44. The molecule has 0 aliphatic carbocycles. The molecule has 3 rings (SSSR count). The van der Waals surface area contributed by atoms with Crippen molar-refractivity contribution < 1.29 is 22.8 Å². The van der Waals surface area contributed by atoms with Gasteiger partial charge in [0.15, 0.2) is 0 Å². The van der Waals surface area contributed by atoms with E-state index in [0.717, 1.165) is 17.7 Å². The zero-order chi connectivity index (χ0) is 19.6. The van der Waals surface area contributed by atoms with Crippen molar-refractivity contribution in [2.45, 2.75) is 13.1 Å². The van der Waals surface area contributed by atoms with Crippen LogP contribution in [0.2, 0.25) is 0 Å². The van der Waals surface area contributed by atoms with E-state index in [4.69, 9.17) is 0 Å². The summed E-state index contributed by atoms with van der Waals surface area (Å²) in [7, 11) is 0. The summed E-state index contributed by atoms with van der Waals surface area (Å²) in [6.45, 7) is 3.27. The summed E-state index contributed by atoms with van der Waals surface area (Å²) in [4.78, 5) is 31.7. The van der Waals surface area contributed by atoms with Crippen molar-refractivity contribution in [1.82, 2.24) is 14.8 Å². The fourth-order valence-electron chi connectivity index (χ4n) is 2.84. The molecule has 2 heterocycles. The van der Waals surface area contributed by atoms with Crippen LogP contribution in [0.4, 0.5) is 13.2 Å². The Bertz CT molecular complexity index is 825. The fourth-order valence-corrected chi connectivity index (χ4v) is 2.84. The molecule has 1 aromatic heterocycles. The molecule has 1 aliphatic rings. The van der Waals surface area contributed by atoms with Gasteiger partial charge in [-0.2, -0.15) is 13.2 Å². The van der Waals surface area contributed by atoms with Crippen molar-refractivity contribution in [3.63, 3.8) is 0 Å². The molecule has 5 nitrogen and oxygen atoms in total. The van der Waals surface area contributed by atoms with E-state index in [9.17, 15) is 22.8 Å².